The number of H-pyrrole nitrogens is 1. The molecule has 1 aromatic heterocycles. The number of anilines is 1. The summed E-state index contributed by atoms with van der Waals surface area (Å²) in [6.07, 6.45) is 2.27. The molecule has 1 heterocycles. The van der Waals surface area contributed by atoms with Crippen LogP contribution in [0.2, 0.25) is 0 Å². The lowest BCUT2D eigenvalue weighted by Gasteiger charge is -2.14. The highest BCUT2D eigenvalue weighted by atomic mass is 15.2. The van der Waals surface area contributed by atoms with Crippen molar-refractivity contribution in [2.45, 2.75) is 52.4 Å². The minimum absolute atomic E-state index is 0.448. The Kier molecular flexibility index (Phi) is 3.55. The van der Waals surface area contributed by atoms with E-state index in [9.17, 15) is 0 Å². The molecule has 0 saturated carbocycles. The van der Waals surface area contributed by atoms with Crippen LogP contribution in [0.25, 0.3) is 0 Å². The Bertz CT molecular complexity index is 285. The van der Waals surface area contributed by atoms with Crippen LogP contribution >= 0.6 is 0 Å². The zero-order valence-corrected chi connectivity index (χ0v) is 9.59. The molecule has 0 fully saturated rings. The van der Waals surface area contributed by atoms with Gasteiger partial charge in [0, 0.05) is 17.2 Å². The summed E-state index contributed by atoms with van der Waals surface area (Å²) in [5, 5.41) is 7.19. The van der Waals surface area contributed by atoms with Crippen molar-refractivity contribution in [2.24, 2.45) is 0 Å². The minimum Gasteiger partial charge on any atom is -0.382 e. The average molecular weight is 195 g/mol. The van der Waals surface area contributed by atoms with E-state index < -0.39 is 0 Å². The third-order valence-electron chi connectivity index (χ3n) is 2.83. The van der Waals surface area contributed by atoms with Gasteiger partial charge in [0.1, 0.15) is 5.82 Å². The number of rotatable bonds is 4. The number of nitrogens with zero attached hydrogens (tertiary/aromatic N) is 1. The van der Waals surface area contributed by atoms with E-state index in [0.717, 1.165) is 12.8 Å². The molecule has 14 heavy (non-hydrogen) atoms. The van der Waals surface area contributed by atoms with E-state index >= 15 is 0 Å². The summed E-state index contributed by atoms with van der Waals surface area (Å²) in [7, 11) is 0. The van der Waals surface area contributed by atoms with E-state index in [1.54, 1.807) is 0 Å². The second kappa shape index (κ2) is 4.49. The van der Waals surface area contributed by atoms with Gasteiger partial charge >= 0.3 is 0 Å². The zero-order chi connectivity index (χ0) is 10.7. The maximum atomic E-state index is 5.85. The standard InChI is InChI=1S/C11H21N3/c1-5-8(6-2)10-9(7(3)4)11(12)14-13-10/h7-8H,5-6H2,1-4H3,(H3,12,13,14). The van der Waals surface area contributed by atoms with Gasteiger partial charge in [0.25, 0.3) is 0 Å². The highest BCUT2D eigenvalue weighted by Crippen LogP contribution is 2.31. The maximum Gasteiger partial charge on any atom is 0.148 e. The number of nitrogens with one attached hydrogen (secondary N) is 1. The number of aromatic amines is 1. The number of nitrogen functional groups attached to an aromatic ring is 1. The lowest BCUT2D eigenvalue weighted by Crippen LogP contribution is -2.02. The lowest BCUT2D eigenvalue weighted by atomic mass is 9.91. The first-order valence-corrected chi connectivity index (χ1v) is 5.45. The molecule has 0 aliphatic rings. The van der Waals surface area contributed by atoms with E-state index in [4.69, 9.17) is 5.73 Å². The van der Waals surface area contributed by atoms with Crippen molar-refractivity contribution in [3.05, 3.63) is 11.3 Å². The first-order chi connectivity index (χ1) is 6.61. The molecule has 3 heteroatoms. The van der Waals surface area contributed by atoms with Crippen LogP contribution in [0.4, 0.5) is 5.82 Å². The van der Waals surface area contributed by atoms with Crippen molar-refractivity contribution in [1.82, 2.24) is 10.2 Å². The Labute approximate surface area is 86.1 Å². The smallest absolute Gasteiger partial charge is 0.148 e. The van der Waals surface area contributed by atoms with Crippen LogP contribution < -0.4 is 5.73 Å². The molecular formula is C11H21N3. The fraction of sp³-hybridized carbons (Fsp3) is 0.727. The molecule has 0 radical (unpaired) electrons. The molecule has 1 aromatic rings. The van der Waals surface area contributed by atoms with Crippen LogP contribution in [0.1, 0.15) is 63.6 Å². The molecule has 0 atom stereocenters. The summed E-state index contributed by atoms with van der Waals surface area (Å²) in [4.78, 5) is 0. The highest BCUT2D eigenvalue weighted by molar-refractivity contribution is 5.45. The number of nitrogens with two attached hydrogens (primary N) is 1. The van der Waals surface area contributed by atoms with E-state index in [2.05, 4.69) is 37.9 Å². The van der Waals surface area contributed by atoms with E-state index in [1.807, 2.05) is 0 Å². The zero-order valence-electron chi connectivity index (χ0n) is 9.59. The molecule has 1 rings (SSSR count). The minimum atomic E-state index is 0.448. The Morgan fingerprint density at radius 2 is 1.86 bits per heavy atom. The van der Waals surface area contributed by atoms with Crippen LogP contribution in [-0.4, -0.2) is 10.2 Å². The Morgan fingerprint density at radius 1 is 1.29 bits per heavy atom. The van der Waals surface area contributed by atoms with E-state index in [0.29, 0.717) is 17.7 Å². The van der Waals surface area contributed by atoms with Crippen molar-refractivity contribution in [3.63, 3.8) is 0 Å². The quantitative estimate of drug-likeness (QED) is 0.776. The van der Waals surface area contributed by atoms with E-state index in [1.165, 1.54) is 11.3 Å². The molecule has 3 nitrogen and oxygen atoms in total. The maximum absolute atomic E-state index is 5.85. The van der Waals surface area contributed by atoms with Crippen LogP contribution in [0.5, 0.6) is 0 Å². The number of hydrogen-bond acceptors (Lipinski definition) is 2. The molecule has 0 saturated heterocycles. The van der Waals surface area contributed by atoms with Gasteiger partial charge in [0.15, 0.2) is 0 Å². The normalized spacial score (nSPS) is 11.6. The Morgan fingerprint density at radius 3 is 2.29 bits per heavy atom. The van der Waals surface area contributed by atoms with Gasteiger partial charge in [-0.3, -0.25) is 5.10 Å². The predicted octanol–water partition coefficient (Wildman–Crippen LogP) is 3.02. The monoisotopic (exact) mass is 195 g/mol. The third-order valence-corrected chi connectivity index (χ3v) is 2.83. The fourth-order valence-corrected chi connectivity index (χ4v) is 1.99. The summed E-state index contributed by atoms with van der Waals surface area (Å²) < 4.78 is 0. The van der Waals surface area contributed by atoms with E-state index in [-0.39, 0.29) is 0 Å². The molecule has 0 amide bonds. The van der Waals surface area contributed by atoms with Gasteiger partial charge in [-0.2, -0.15) is 5.10 Å². The molecule has 3 N–H and O–H groups in total. The molecule has 0 aliphatic heterocycles. The first kappa shape index (κ1) is 11.1. The molecular weight excluding hydrogens is 174 g/mol. The van der Waals surface area contributed by atoms with Crippen molar-refractivity contribution >= 4 is 5.82 Å². The average Bonchev–Trinajstić information content (AvgIpc) is 2.50. The van der Waals surface area contributed by atoms with Gasteiger partial charge < -0.3 is 5.73 Å². The van der Waals surface area contributed by atoms with Gasteiger partial charge in [-0.05, 0) is 18.8 Å². The van der Waals surface area contributed by atoms with Gasteiger partial charge in [-0.15, -0.1) is 0 Å². The summed E-state index contributed by atoms with van der Waals surface area (Å²) in [6.45, 7) is 8.73. The first-order valence-electron chi connectivity index (χ1n) is 5.45. The van der Waals surface area contributed by atoms with Crippen molar-refractivity contribution < 1.29 is 0 Å². The molecule has 0 aromatic carbocycles. The van der Waals surface area contributed by atoms with Crippen LogP contribution in [-0.2, 0) is 0 Å². The second-order valence-electron chi connectivity index (χ2n) is 4.10. The summed E-state index contributed by atoms with van der Waals surface area (Å²) in [5.74, 6) is 1.68. The molecule has 0 aliphatic carbocycles. The summed E-state index contributed by atoms with van der Waals surface area (Å²) >= 11 is 0. The third kappa shape index (κ3) is 1.91. The van der Waals surface area contributed by atoms with Gasteiger partial charge in [-0.25, -0.2) is 0 Å². The van der Waals surface area contributed by atoms with Gasteiger partial charge in [-0.1, -0.05) is 27.7 Å². The van der Waals surface area contributed by atoms with Crippen LogP contribution in [0, 0.1) is 0 Å². The second-order valence-corrected chi connectivity index (χ2v) is 4.10. The van der Waals surface area contributed by atoms with Gasteiger partial charge in [0.05, 0.1) is 0 Å². The van der Waals surface area contributed by atoms with Crippen LogP contribution in [0.15, 0.2) is 0 Å². The van der Waals surface area contributed by atoms with Crippen molar-refractivity contribution in [3.8, 4) is 0 Å². The SMILES string of the molecule is CCC(CC)c1[nH]nc(N)c1C(C)C. The highest BCUT2D eigenvalue weighted by Gasteiger charge is 2.19. The Balaban J connectivity index is 3.07. The lowest BCUT2D eigenvalue weighted by molar-refractivity contribution is 0.610. The largest absolute Gasteiger partial charge is 0.382 e. The molecule has 0 spiro atoms. The molecule has 0 bridgehead atoms. The van der Waals surface area contributed by atoms with Crippen molar-refractivity contribution in [1.29, 1.82) is 0 Å². The van der Waals surface area contributed by atoms with Gasteiger partial charge in [0.2, 0.25) is 0 Å². The predicted molar refractivity (Wildman–Crippen MR) is 60.4 cm³/mol. The molecule has 80 valence electrons. The fourth-order valence-electron chi connectivity index (χ4n) is 1.99. The van der Waals surface area contributed by atoms with Crippen LogP contribution in [0.3, 0.4) is 0 Å². The number of hydrogen-bond donors (Lipinski definition) is 2. The summed E-state index contributed by atoms with van der Waals surface area (Å²) in [6, 6.07) is 0. The summed E-state index contributed by atoms with van der Waals surface area (Å²) in [5.41, 5.74) is 8.29. The van der Waals surface area contributed by atoms with Crippen molar-refractivity contribution in [2.75, 3.05) is 5.73 Å². The number of aromatic nitrogens is 2. The molecule has 0 unspecified atom stereocenters. The Hall–Kier alpha value is -0.990. The topological polar surface area (TPSA) is 54.7 Å².